The molecule has 7 heteroatoms. The summed E-state index contributed by atoms with van der Waals surface area (Å²) >= 11 is 0. The highest BCUT2D eigenvalue weighted by atomic mass is 16.5. The zero-order valence-electron chi connectivity index (χ0n) is 30.2. The van der Waals surface area contributed by atoms with Crippen molar-refractivity contribution in [2.24, 2.45) is 0 Å². The first-order valence-corrected chi connectivity index (χ1v) is 18.7. The summed E-state index contributed by atoms with van der Waals surface area (Å²) in [5, 5.41) is 16.7. The van der Waals surface area contributed by atoms with Crippen LogP contribution >= 0.6 is 0 Å². The van der Waals surface area contributed by atoms with Crippen molar-refractivity contribution in [1.82, 2.24) is 25.2 Å². The first kappa shape index (κ1) is 33.4. The molecule has 0 spiro atoms. The van der Waals surface area contributed by atoms with Crippen molar-refractivity contribution in [2.45, 2.75) is 51.2 Å². The minimum Gasteiger partial charge on any atom is -0.488 e. The summed E-state index contributed by atoms with van der Waals surface area (Å²) in [6.45, 7) is 2.46. The molecule has 0 unspecified atom stereocenters. The van der Waals surface area contributed by atoms with Gasteiger partial charge in [-0.15, -0.1) is 5.10 Å². The van der Waals surface area contributed by atoms with Crippen LogP contribution in [0, 0.1) is 0 Å². The predicted molar refractivity (Wildman–Crippen MR) is 214 cm³/mol. The van der Waals surface area contributed by atoms with Crippen LogP contribution < -0.4 is 10.2 Å². The summed E-state index contributed by atoms with van der Waals surface area (Å²) in [6.07, 6.45) is 5.10. The molecule has 2 aromatic heterocycles. The summed E-state index contributed by atoms with van der Waals surface area (Å²) in [7, 11) is 0. The van der Waals surface area contributed by atoms with Gasteiger partial charge in [0.2, 0.25) is 0 Å². The Morgan fingerprint density at radius 3 is 2.02 bits per heavy atom. The van der Waals surface area contributed by atoms with Gasteiger partial charge < -0.3 is 4.74 Å². The zero-order valence-corrected chi connectivity index (χ0v) is 30.2. The topological polar surface area (TPSA) is 82.8 Å². The van der Waals surface area contributed by atoms with Gasteiger partial charge in [-0.1, -0.05) is 134 Å². The zero-order chi connectivity index (χ0) is 36.5. The van der Waals surface area contributed by atoms with E-state index in [1.165, 1.54) is 5.56 Å². The third kappa shape index (κ3) is 5.73. The molecule has 0 amide bonds. The number of aromatic nitrogens is 5. The molecule has 0 aliphatic heterocycles. The van der Waals surface area contributed by atoms with E-state index in [-0.39, 0.29) is 5.43 Å². The highest BCUT2D eigenvalue weighted by Gasteiger charge is 2.42. The van der Waals surface area contributed by atoms with Gasteiger partial charge in [0.1, 0.15) is 17.9 Å². The molecule has 9 rings (SSSR count). The molecule has 0 radical (unpaired) electrons. The summed E-state index contributed by atoms with van der Waals surface area (Å²) in [5.74, 6) is 1.44. The van der Waals surface area contributed by atoms with Crippen LogP contribution in [-0.4, -0.2) is 25.2 Å². The van der Waals surface area contributed by atoms with E-state index in [9.17, 15) is 4.79 Å². The number of aryl methyl sites for hydroxylation is 2. The molecular formula is C47H39N5O2. The van der Waals surface area contributed by atoms with Crippen LogP contribution in [0.1, 0.15) is 59.0 Å². The van der Waals surface area contributed by atoms with Crippen LogP contribution in [0.4, 0.5) is 0 Å². The van der Waals surface area contributed by atoms with Gasteiger partial charge in [0.05, 0.1) is 0 Å². The second kappa shape index (κ2) is 14.2. The molecule has 264 valence electrons. The van der Waals surface area contributed by atoms with E-state index >= 15 is 0 Å². The van der Waals surface area contributed by atoms with Crippen molar-refractivity contribution in [1.29, 1.82) is 0 Å². The fourth-order valence-electron chi connectivity index (χ4n) is 8.18. The number of ether oxygens (including phenoxy) is 1. The van der Waals surface area contributed by atoms with Gasteiger partial charge in [0.25, 0.3) is 0 Å². The fraction of sp³-hybridized carbons (Fsp3) is 0.170. The molecule has 54 heavy (non-hydrogen) atoms. The normalized spacial score (nSPS) is 12.8. The number of fused-ring (bicyclic) bond motifs is 3. The second-order valence-corrected chi connectivity index (χ2v) is 14.0. The van der Waals surface area contributed by atoms with Gasteiger partial charge in [0.15, 0.2) is 11.3 Å². The Kier molecular flexibility index (Phi) is 8.75. The Morgan fingerprint density at radius 2 is 1.33 bits per heavy atom. The average molecular weight is 706 g/mol. The van der Waals surface area contributed by atoms with E-state index in [0.717, 1.165) is 87.8 Å². The Labute approximate surface area is 313 Å². The molecule has 1 aliphatic carbocycles. The molecule has 0 atom stereocenters. The van der Waals surface area contributed by atoms with Crippen LogP contribution in [0.2, 0.25) is 0 Å². The number of benzene rings is 5. The predicted octanol–water partition coefficient (Wildman–Crippen LogP) is 9.26. The number of rotatable bonds is 9. The quantitative estimate of drug-likeness (QED) is 0.139. The van der Waals surface area contributed by atoms with Crippen LogP contribution in [0.25, 0.3) is 32.9 Å². The maximum absolute atomic E-state index is 14.6. The van der Waals surface area contributed by atoms with Gasteiger partial charge in [-0.2, -0.15) is 0 Å². The molecule has 2 heterocycles. The fourth-order valence-corrected chi connectivity index (χ4v) is 8.18. The van der Waals surface area contributed by atoms with Crippen LogP contribution in [0.3, 0.4) is 0 Å². The molecule has 6 aromatic carbocycles. The van der Waals surface area contributed by atoms with E-state index in [2.05, 4.69) is 66.7 Å². The lowest BCUT2D eigenvalue weighted by Gasteiger charge is -2.36. The summed E-state index contributed by atoms with van der Waals surface area (Å²) in [4.78, 5) is 19.5. The Morgan fingerprint density at radius 1 is 0.685 bits per heavy atom. The Balaban J connectivity index is 1.26. The maximum atomic E-state index is 14.6. The Hall–Kier alpha value is -6.47. The van der Waals surface area contributed by atoms with E-state index in [0.29, 0.717) is 23.2 Å². The molecule has 8 aromatic rings. The third-order valence-corrected chi connectivity index (χ3v) is 10.8. The van der Waals surface area contributed by atoms with Gasteiger partial charge >= 0.3 is 0 Å². The summed E-state index contributed by atoms with van der Waals surface area (Å²) in [6, 6.07) is 49.0. The van der Waals surface area contributed by atoms with Crippen molar-refractivity contribution in [2.75, 3.05) is 0 Å². The summed E-state index contributed by atoms with van der Waals surface area (Å²) < 4.78 is 8.49. The van der Waals surface area contributed by atoms with Crippen molar-refractivity contribution in [3.63, 3.8) is 0 Å². The van der Waals surface area contributed by atoms with Crippen molar-refractivity contribution >= 4 is 21.5 Å². The van der Waals surface area contributed by atoms with Crippen LogP contribution in [0.15, 0.2) is 150 Å². The molecule has 0 saturated heterocycles. The highest BCUT2D eigenvalue weighted by molar-refractivity contribution is 6.02. The molecule has 0 saturated carbocycles. The lowest BCUT2D eigenvalue weighted by Crippen LogP contribution is -2.39. The lowest BCUT2D eigenvalue weighted by atomic mass is 9.77. The van der Waals surface area contributed by atoms with Gasteiger partial charge in [-0.25, -0.2) is 4.68 Å². The lowest BCUT2D eigenvalue weighted by molar-refractivity contribution is 0.300. The van der Waals surface area contributed by atoms with Crippen molar-refractivity contribution in [3.05, 3.63) is 195 Å². The van der Waals surface area contributed by atoms with Gasteiger partial charge in [0, 0.05) is 39.4 Å². The highest BCUT2D eigenvalue weighted by Crippen LogP contribution is 2.43. The SMILES string of the molecule is CCc1cc(OCc2ccc3c(-c4nnnn4C(c4ccccc4)(c4ccccc4)c4ccccc4)cc4ccccc4c(=O)c3c2)c2c(n1)CCCC2. The minimum atomic E-state index is -0.950. The van der Waals surface area contributed by atoms with Gasteiger partial charge in [-0.05, 0) is 87.7 Å². The monoisotopic (exact) mass is 705 g/mol. The number of pyridine rings is 1. The van der Waals surface area contributed by atoms with Crippen molar-refractivity contribution in [3.8, 4) is 17.1 Å². The summed E-state index contributed by atoms with van der Waals surface area (Å²) in [5.41, 5.74) is 7.08. The molecule has 0 fully saturated rings. The first-order valence-electron chi connectivity index (χ1n) is 18.7. The van der Waals surface area contributed by atoms with Crippen LogP contribution in [0.5, 0.6) is 5.75 Å². The van der Waals surface area contributed by atoms with E-state index in [4.69, 9.17) is 20.0 Å². The van der Waals surface area contributed by atoms with Gasteiger partial charge in [-0.3, -0.25) is 9.78 Å². The molecular weight excluding hydrogens is 667 g/mol. The van der Waals surface area contributed by atoms with Crippen LogP contribution in [-0.2, 0) is 31.4 Å². The molecule has 0 bridgehead atoms. The standard InChI is InChI=1S/C47H39N5O2/c1-2-37-30-44(40-24-14-15-25-43(40)48-37)54-31-32-26-27-39-41(28-32)45(53)38-23-13-12-16-33(38)29-42(39)46-49-50-51-52(46)47(34-17-6-3-7-18-34,35-19-8-4-9-20-35)36-21-10-5-11-22-36/h3-13,16-23,26-30H,2,14-15,24-25,31H2,1H3. The van der Waals surface area contributed by atoms with E-state index in [1.807, 2.05) is 95.7 Å². The first-order chi connectivity index (χ1) is 26.6. The number of hydrogen-bond acceptors (Lipinski definition) is 6. The molecule has 1 aliphatic rings. The average Bonchev–Trinajstić information content (AvgIpc) is 3.69. The number of tetrazole rings is 1. The number of hydrogen-bond donors (Lipinski definition) is 0. The van der Waals surface area contributed by atoms with E-state index < -0.39 is 5.54 Å². The van der Waals surface area contributed by atoms with Crippen molar-refractivity contribution < 1.29 is 4.74 Å². The Bertz CT molecular complexity index is 2580. The van der Waals surface area contributed by atoms with E-state index in [1.54, 1.807) is 0 Å². The number of nitrogens with zero attached hydrogens (tertiary/aromatic N) is 5. The minimum absolute atomic E-state index is 0.0530. The molecule has 7 nitrogen and oxygen atoms in total. The second-order valence-electron chi connectivity index (χ2n) is 14.0. The molecule has 0 N–H and O–H groups in total. The maximum Gasteiger partial charge on any atom is 0.194 e. The largest absolute Gasteiger partial charge is 0.488 e. The smallest absolute Gasteiger partial charge is 0.194 e. The third-order valence-electron chi connectivity index (χ3n) is 10.8.